The number of nitrogens with zero attached hydrogens (tertiary/aromatic N) is 1. The van der Waals surface area contributed by atoms with Gasteiger partial charge in [-0.1, -0.05) is 48.0 Å². The minimum Gasteiger partial charge on any atom is -0.493 e. The Morgan fingerprint density at radius 2 is 1.85 bits per heavy atom. The van der Waals surface area contributed by atoms with Crippen LogP contribution in [0.15, 0.2) is 53.9 Å². The van der Waals surface area contributed by atoms with Crippen molar-refractivity contribution in [2.45, 2.75) is 13.3 Å². The second-order valence-corrected chi connectivity index (χ2v) is 6.72. The molecule has 26 heavy (non-hydrogen) atoms. The van der Waals surface area contributed by atoms with Crippen molar-refractivity contribution in [3.05, 3.63) is 70.0 Å². The van der Waals surface area contributed by atoms with E-state index >= 15 is 0 Å². The summed E-state index contributed by atoms with van der Waals surface area (Å²) in [5, 5.41) is 11.6. The summed E-state index contributed by atoms with van der Waals surface area (Å²) in [6.45, 7) is 2.24. The van der Waals surface area contributed by atoms with Gasteiger partial charge < -0.3 is 9.84 Å². The molecule has 0 spiro atoms. The first-order valence-corrected chi connectivity index (χ1v) is 9.13. The van der Waals surface area contributed by atoms with Crippen molar-refractivity contribution in [3.63, 3.8) is 0 Å². The van der Waals surface area contributed by atoms with E-state index in [1.54, 1.807) is 11.3 Å². The van der Waals surface area contributed by atoms with Gasteiger partial charge in [-0.15, -0.1) is 11.3 Å². The van der Waals surface area contributed by atoms with Gasteiger partial charge in [-0.25, -0.2) is 4.98 Å². The van der Waals surface area contributed by atoms with Crippen LogP contribution in [-0.4, -0.2) is 22.7 Å². The lowest BCUT2D eigenvalue weighted by Crippen LogP contribution is -2.04. The third kappa shape index (κ3) is 5.04. The third-order valence-corrected chi connectivity index (χ3v) is 4.56. The van der Waals surface area contributed by atoms with E-state index in [2.05, 4.69) is 41.6 Å². The average molecular weight is 365 g/mol. The van der Waals surface area contributed by atoms with Crippen LogP contribution in [0.3, 0.4) is 0 Å². The first-order valence-electron chi connectivity index (χ1n) is 8.25. The molecular formula is C21H19NO3S. The van der Waals surface area contributed by atoms with Crippen molar-refractivity contribution in [2.24, 2.45) is 0 Å². The van der Waals surface area contributed by atoms with Crippen LogP contribution in [0, 0.1) is 6.92 Å². The summed E-state index contributed by atoms with van der Waals surface area (Å²) in [6, 6.07) is 15.9. The smallest absolute Gasteiger partial charge is 0.306 e. The van der Waals surface area contributed by atoms with Crippen LogP contribution in [0.25, 0.3) is 23.4 Å². The van der Waals surface area contributed by atoms with Gasteiger partial charge >= 0.3 is 5.97 Å². The lowest BCUT2D eigenvalue weighted by molar-refractivity contribution is -0.137. The predicted octanol–water partition coefficient (Wildman–Crippen LogP) is 5.14. The topological polar surface area (TPSA) is 59.4 Å². The molecule has 3 aromatic rings. The number of carboxylic acids is 1. The molecule has 0 fully saturated rings. The van der Waals surface area contributed by atoms with Gasteiger partial charge in [0.1, 0.15) is 10.8 Å². The molecule has 1 aromatic heterocycles. The molecule has 2 aromatic carbocycles. The van der Waals surface area contributed by atoms with Crippen LogP contribution < -0.4 is 4.74 Å². The van der Waals surface area contributed by atoms with Crippen molar-refractivity contribution in [2.75, 3.05) is 6.61 Å². The van der Waals surface area contributed by atoms with Gasteiger partial charge in [0.25, 0.3) is 0 Å². The van der Waals surface area contributed by atoms with E-state index in [-0.39, 0.29) is 13.0 Å². The summed E-state index contributed by atoms with van der Waals surface area (Å²) >= 11 is 1.61. The number of aryl methyl sites for hydroxylation is 1. The Balaban J connectivity index is 1.61. The molecule has 1 N–H and O–H groups in total. The van der Waals surface area contributed by atoms with E-state index in [4.69, 9.17) is 9.84 Å². The summed E-state index contributed by atoms with van der Waals surface area (Å²) in [4.78, 5) is 15.1. The summed E-state index contributed by atoms with van der Waals surface area (Å²) in [5.74, 6) is -0.197. The summed E-state index contributed by atoms with van der Waals surface area (Å²) < 4.78 is 5.38. The monoisotopic (exact) mass is 365 g/mol. The van der Waals surface area contributed by atoms with E-state index in [0.29, 0.717) is 5.75 Å². The molecule has 1 heterocycles. The maximum absolute atomic E-state index is 10.5. The number of thiazole rings is 1. The van der Waals surface area contributed by atoms with Gasteiger partial charge in [-0.3, -0.25) is 4.79 Å². The Bertz CT molecular complexity index is 896. The predicted molar refractivity (Wildman–Crippen MR) is 105 cm³/mol. The fraction of sp³-hybridized carbons (Fsp3) is 0.143. The normalized spacial score (nSPS) is 11.0. The van der Waals surface area contributed by atoms with Crippen LogP contribution in [-0.2, 0) is 4.79 Å². The molecule has 0 amide bonds. The Labute approximate surface area is 156 Å². The molecule has 0 aliphatic carbocycles. The van der Waals surface area contributed by atoms with E-state index in [0.717, 1.165) is 21.8 Å². The minimum absolute atomic E-state index is 0.00494. The van der Waals surface area contributed by atoms with Gasteiger partial charge in [-0.05, 0) is 30.7 Å². The molecule has 0 bridgehead atoms. The molecule has 0 aliphatic heterocycles. The van der Waals surface area contributed by atoms with Gasteiger partial charge in [0.2, 0.25) is 0 Å². The van der Waals surface area contributed by atoms with Crippen LogP contribution in [0.4, 0.5) is 0 Å². The fourth-order valence-corrected chi connectivity index (χ4v) is 3.04. The second-order valence-electron chi connectivity index (χ2n) is 5.83. The largest absolute Gasteiger partial charge is 0.493 e. The van der Waals surface area contributed by atoms with Crippen LogP contribution in [0.1, 0.15) is 22.6 Å². The summed E-state index contributed by atoms with van der Waals surface area (Å²) in [6.07, 6.45) is 3.98. The molecule has 4 nitrogen and oxygen atoms in total. The van der Waals surface area contributed by atoms with Gasteiger partial charge in [-0.2, -0.15) is 0 Å². The number of ether oxygens (including phenoxy) is 1. The zero-order valence-corrected chi connectivity index (χ0v) is 15.2. The van der Waals surface area contributed by atoms with Gasteiger partial charge in [0, 0.05) is 10.9 Å². The first kappa shape index (κ1) is 17.9. The fourth-order valence-electron chi connectivity index (χ4n) is 2.32. The lowest BCUT2D eigenvalue weighted by atomic mass is 10.1. The molecule has 0 saturated heterocycles. The number of carbonyl (C=O) groups is 1. The number of hydrogen-bond donors (Lipinski definition) is 1. The standard InChI is InChI=1S/C21H19NO3S/c1-15-2-7-17(8-3-15)19-14-26-20(22-19)11-6-16-4-9-18(10-5-16)25-13-12-21(23)24/h2-11,14H,12-13H2,1H3,(H,23,24)/b11-6+. The molecule has 132 valence electrons. The molecule has 3 rings (SSSR count). The average Bonchev–Trinajstić information content (AvgIpc) is 3.10. The van der Waals surface area contributed by atoms with Crippen molar-refractivity contribution >= 4 is 29.5 Å². The van der Waals surface area contributed by atoms with Crippen LogP contribution >= 0.6 is 11.3 Å². The highest BCUT2D eigenvalue weighted by molar-refractivity contribution is 7.10. The zero-order valence-electron chi connectivity index (χ0n) is 14.4. The number of rotatable bonds is 7. The highest BCUT2D eigenvalue weighted by Crippen LogP contribution is 2.23. The Morgan fingerprint density at radius 1 is 1.12 bits per heavy atom. The van der Waals surface area contributed by atoms with Crippen molar-refractivity contribution in [3.8, 4) is 17.0 Å². The van der Waals surface area contributed by atoms with Gasteiger partial charge in [0.05, 0.1) is 18.7 Å². The van der Waals surface area contributed by atoms with Crippen molar-refractivity contribution in [1.29, 1.82) is 0 Å². The van der Waals surface area contributed by atoms with Crippen LogP contribution in [0.2, 0.25) is 0 Å². The third-order valence-electron chi connectivity index (χ3n) is 3.75. The van der Waals surface area contributed by atoms with Crippen LogP contribution in [0.5, 0.6) is 5.75 Å². The van der Waals surface area contributed by atoms with E-state index in [9.17, 15) is 4.79 Å². The molecule has 0 atom stereocenters. The minimum atomic E-state index is -0.863. The molecule has 0 saturated carbocycles. The van der Waals surface area contributed by atoms with Gasteiger partial charge in [0.15, 0.2) is 0 Å². The molecule has 0 radical (unpaired) electrons. The zero-order chi connectivity index (χ0) is 18.4. The van der Waals surface area contributed by atoms with Crippen molar-refractivity contribution < 1.29 is 14.6 Å². The highest BCUT2D eigenvalue weighted by atomic mass is 32.1. The van der Waals surface area contributed by atoms with E-state index in [1.165, 1.54) is 5.56 Å². The summed E-state index contributed by atoms with van der Waals surface area (Å²) in [7, 11) is 0. The number of aromatic nitrogens is 1. The lowest BCUT2D eigenvalue weighted by Gasteiger charge is -2.04. The second kappa shape index (κ2) is 8.45. The SMILES string of the molecule is Cc1ccc(-c2csc(/C=C/c3ccc(OCCC(=O)O)cc3)n2)cc1. The summed E-state index contributed by atoms with van der Waals surface area (Å²) in [5.41, 5.74) is 4.37. The number of aliphatic carboxylic acids is 1. The maximum Gasteiger partial charge on any atom is 0.306 e. The first-order chi connectivity index (χ1) is 12.6. The number of hydrogen-bond acceptors (Lipinski definition) is 4. The Hall–Kier alpha value is -2.92. The molecule has 0 unspecified atom stereocenters. The van der Waals surface area contributed by atoms with E-state index < -0.39 is 5.97 Å². The molecule has 5 heteroatoms. The quantitative estimate of drug-likeness (QED) is 0.629. The maximum atomic E-state index is 10.5. The van der Waals surface area contributed by atoms with Crippen molar-refractivity contribution in [1.82, 2.24) is 4.98 Å². The Kier molecular flexibility index (Phi) is 5.81. The van der Waals surface area contributed by atoms with E-state index in [1.807, 2.05) is 36.4 Å². The highest BCUT2D eigenvalue weighted by Gasteiger charge is 2.02. The number of benzene rings is 2. The Morgan fingerprint density at radius 3 is 2.54 bits per heavy atom. The molecular weight excluding hydrogens is 346 g/mol. The number of carboxylic acid groups (broad SMARTS) is 1. The molecule has 0 aliphatic rings.